The highest BCUT2D eigenvalue weighted by Gasteiger charge is 2.23. The van der Waals surface area contributed by atoms with Crippen LogP contribution in [-0.2, 0) is 13.1 Å². The van der Waals surface area contributed by atoms with Crippen molar-refractivity contribution in [3.63, 3.8) is 0 Å². The lowest BCUT2D eigenvalue weighted by atomic mass is 9.96. The summed E-state index contributed by atoms with van der Waals surface area (Å²) in [6.07, 6.45) is 8.65. The van der Waals surface area contributed by atoms with E-state index < -0.39 is 0 Å². The highest BCUT2D eigenvalue weighted by molar-refractivity contribution is 4.87. The van der Waals surface area contributed by atoms with Gasteiger partial charge < -0.3 is 4.90 Å². The molecule has 0 radical (unpaired) electrons. The van der Waals surface area contributed by atoms with E-state index in [1.807, 2.05) is 4.68 Å². The number of piperidine rings is 2. The van der Waals surface area contributed by atoms with Crippen LogP contribution in [0, 0.1) is 5.92 Å². The Morgan fingerprint density at radius 3 is 2.71 bits per heavy atom. The fourth-order valence-corrected chi connectivity index (χ4v) is 3.83. The van der Waals surface area contributed by atoms with Gasteiger partial charge in [-0.15, -0.1) is 0 Å². The monoisotopic (exact) mass is 291 g/mol. The van der Waals surface area contributed by atoms with Gasteiger partial charge in [0.2, 0.25) is 0 Å². The zero-order valence-corrected chi connectivity index (χ0v) is 13.4. The highest BCUT2D eigenvalue weighted by Crippen LogP contribution is 2.20. The van der Waals surface area contributed by atoms with E-state index in [4.69, 9.17) is 0 Å². The van der Waals surface area contributed by atoms with Gasteiger partial charge in [0.1, 0.15) is 12.2 Å². The molecule has 3 rings (SSSR count). The van der Waals surface area contributed by atoms with Crippen LogP contribution in [0.3, 0.4) is 0 Å². The fourth-order valence-electron chi connectivity index (χ4n) is 3.83. The molecule has 1 aromatic rings. The molecule has 0 bridgehead atoms. The lowest BCUT2D eigenvalue weighted by molar-refractivity contribution is 0.115. The number of hydrogen-bond donors (Lipinski definition) is 0. The fraction of sp³-hybridized carbons (Fsp3) is 0.875. The van der Waals surface area contributed by atoms with Crippen LogP contribution in [0.2, 0.25) is 0 Å². The molecule has 0 N–H and O–H groups in total. The number of aromatic nitrogens is 3. The van der Waals surface area contributed by atoms with Crippen molar-refractivity contribution in [1.82, 2.24) is 24.6 Å². The molecule has 2 aliphatic heterocycles. The summed E-state index contributed by atoms with van der Waals surface area (Å²) >= 11 is 0. The summed E-state index contributed by atoms with van der Waals surface area (Å²) in [5, 5.41) is 4.28. The van der Waals surface area contributed by atoms with Crippen molar-refractivity contribution < 1.29 is 0 Å². The molecule has 1 aromatic heterocycles. The predicted octanol–water partition coefficient (Wildman–Crippen LogP) is 2.00. The first kappa shape index (κ1) is 15.0. The van der Waals surface area contributed by atoms with Gasteiger partial charge in [0.15, 0.2) is 0 Å². The van der Waals surface area contributed by atoms with Gasteiger partial charge in [0.05, 0.1) is 6.54 Å². The predicted molar refractivity (Wildman–Crippen MR) is 84.0 cm³/mol. The molecular weight excluding hydrogens is 262 g/mol. The zero-order valence-electron chi connectivity index (χ0n) is 13.4. The SMILES string of the molecule is CCn1ncnc1CN1CCC[C@@H](CN2CCCCC2)C1. The Balaban J connectivity index is 1.50. The summed E-state index contributed by atoms with van der Waals surface area (Å²) < 4.78 is 2.02. The Morgan fingerprint density at radius 2 is 1.90 bits per heavy atom. The van der Waals surface area contributed by atoms with Gasteiger partial charge in [0, 0.05) is 19.6 Å². The van der Waals surface area contributed by atoms with E-state index in [1.54, 1.807) is 6.33 Å². The molecule has 2 aliphatic rings. The first-order chi connectivity index (χ1) is 10.3. The molecule has 21 heavy (non-hydrogen) atoms. The molecule has 0 saturated carbocycles. The topological polar surface area (TPSA) is 37.2 Å². The minimum Gasteiger partial charge on any atom is -0.303 e. The largest absolute Gasteiger partial charge is 0.303 e. The second kappa shape index (κ2) is 7.36. The van der Waals surface area contributed by atoms with E-state index in [-0.39, 0.29) is 0 Å². The molecule has 118 valence electrons. The van der Waals surface area contributed by atoms with Crippen molar-refractivity contribution >= 4 is 0 Å². The minimum atomic E-state index is 0.842. The maximum Gasteiger partial charge on any atom is 0.140 e. The van der Waals surface area contributed by atoms with Crippen molar-refractivity contribution in [3.05, 3.63) is 12.2 Å². The number of rotatable bonds is 5. The summed E-state index contributed by atoms with van der Waals surface area (Å²) in [5.74, 6) is 1.96. The van der Waals surface area contributed by atoms with Crippen LogP contribution < -0.4 is 0 Å². The van der Waals surface area contributed by atoms with Crippen LogP contribution in [0.25, 0.3) is 0 Å². The van der Waals surface area contributed by atoms with Crippen LogP contribution in [0.15, 0.2) is 6.33 Å². The Hall–Kier alpha value is -0.940. The number of hydrogen-bond acceptors (Lipinski definition) is 4. The summed E-state index contributed by atoms with van der Waals surface area (Å²) in [4.78, 5) is 9.69. The van der Waals surface area contributed by atoms with Crippen LogP contribution in [0.1, 0.15) is 44.9 Å². The van der Waals surface area contributed by atoms with E-state index in [0.717, 1.165) is 24.8 Å². The molecule has 0 amide bonds. The van der Waals surface area contributed by atoms with Crippen molar-refractivity contribution in [2.45, 2.75) is 52.1 Å². The summed E-state index contributed by atoms with van der Waals surface area (Å²) in [5.41, 5.74) is 0. The Bertz CT molecular complexity index is 424. The molecule has 3 heterocycles. The smallest absolute Gasteiger partial charge is 0.140 e. The molecule has 5 nitrogen and oxygen atoms in total. The minimum absolute atomic E-state index is 0.842. The van der Waals surface area contributed by atoms with Crippen LogP contribution in [0.5, 0.6) is 0 Å². The maximum absolute atomic E-state index is 4.42. The average molecular weight is 291 g/mol. The summed E-state index contributed by atoms with van der Waals surface area (Å²) in [7, 11) is 0. The second-order valence-corrected chi connectivity index (χ2v) is 6.60. The highest BCUT2D eigenvalue weighted by atomic mass is 15.3. The third-order valence-corrected chi connectivity index (χ3v) is 4.93. The number of aryl methyl sites for hydroxylation is 1. The van der Waals surface area contributed by atoms with Crippen molar-refractivity contribution in [2.75, 3.05) is 32.7 Å². The molecular formula is C16H29N5. The molecule has 0 spiro atoms. The molecule has 0 aromatic carbocycles. The molecule has 5 heteroatoms. The van der Waals surface area contributed by atoms with Crippen molar-refractivity contribution in [1.29, 1.82) is 0 Å². The molecule has 2 fully saturated rings. The van der Waals surface area contributed by atoms with Crippen LogP contribution in [0.4, 0.5) is 0 Å². The normalized spacial score (nSPS) is 25.3. The van der Waals surface area contributed by atoms with Gasteiger partial charge in [-0.2, -0.15) is 5.10 Å². The van der Waals surface area contributed by atoms with Gasteiger partial charge in [-0.25, -0.2) is 9.67 Å². The summed E-state index contributed by atoms with van der Waals surface area (Å²) in [6, 6.07) is 0. The van der Waals surface area contributed by atoms with Crippen molar-refractivity contribution in [3.8, 4) is 0 Å². The number of nitrogens with zero attached hydrogens (tertiary/aromatic N) is 5. The first-order valence-corrected chi connectivity index (χ1v) is 8.66. The van der Waals surface area contributed by atoms with Gasteiger partial charge in [-0.1, -0.05) is 6.42 Å². The first-order valence-electron chi connectivity index (χ1n) is 8.66. The lowest BCUT2D eigenvalue weighted by Gasteiger charge is -2.36. The van der Waals surface area contributed by atoms with E-state index >= 15 is 0 Å². The van der Waals surface area contributed by atoms with E-state index in [0.29, 0.717) is 0 Å². The van der Waals surface area contributed by atoms with Crippen LogP contribution in [-0.4, -0.2) is 57.3 Å². The van der Waals surface area contributed by atoms with Gasteiger partial charge in [-0.05, 0) is 58.2 Å². The third-order valence-electron chi connectivity index (χ3n) is 4.93. The van der Waals surface area contributed by atoms with E-state index in [9.17, 15) is 0 Å². The molecule has 1 atom stereocenters. The summed E-state index contributed by atoms with van der Waals surface area (Å²) in [6.45, 7) is 10.4. The standard InChI is InChI=1S/C16H29N5/c1-2-21-16(17-14-18-21)13-20-10-6-7-15(12-20)11-19-8-4-3-5-9-19/h14-15H,2-13H2,1H3/t15-/m0/s1. The third kappa shape index (κ3) is 4.04. The van der Waals surface area contributed by atoms with Gasteiger partial charge in [0.25, 0.3) is 0 Å². The quantitative estimate of drug-likeness (QED) is 0.831. The Kier molecular flexibility index (Phi) is 5.25. The van der Waals surface area contributed by atoms with E-state index in [2.05, 4.69) is 26.8 Å². The van der Waals surface area contributed by atoms with Crippen LogP contribution >= 0.6 is 0 Å². The average Bonchev–Trinajstić information content (AvgIpc) is 2.96. The lowest BCUT2D eigenvalue weighted by Crippen LogP contribution is -2.42. The number of likely N-dealkylation sites (tertiary alicyclic amines) is 2. The zero-order chi connectivity index (χ0) is 14.5. The molecule has 0 unspecified atom stereocenters. The van der Waals surface area contributed by atoms with E-state index in [1.165, 1.54) is 64.8 Å². The van der Waals surface area contributed by atoms with Crippen molar-refractivity contribution in [2.24, 2.45) is 5.92 Å². The van der Waals surface area contributed by atoms with Gasteiger partial charge >= 0.3 is 0 Å². The van der Waals surface area contributed by atoms with Gasteiger partial charge in [-0.3, -0.25) is 4.90 Å². The Labute approximate surface area is 128 Å². The molecule has 0 aliphatic carbocycles. The maximum atomic E-state index is 4.42. The molecule has 2 saturated heterocycles. The second-order valence-electron chi connectivity index (χ2n) is 6.60. The Morgan fingerprint density at radius 1 is 1.10 bits per heavy atom.